The number of carbonyl (C=O) groups is 2. The minimum atomic E-state index is -0.860. The van der Waals surface area contributed by atoms with E-state index in [1.807, 2.05) is 13.8 Å². The first-order valence-corrected chi connectivity index (χ1v) is 6.53. The standard InChI is InChI=1S/C13H22N2O3/c1-13(2)9(10(13)12(17)18)11(16)14-6-8-4-5-15(3)7-8/h8-10H,4-7H2,1-3H3,(H,14,16)(H,17,18)/t8?,9-,10+/m1/s1. The smallest absolute Gasteiger partial charge is 0.307 e. The highest BCUT2D eigenvalue weighted by molar-refractivity contribution is 5.91. The van der Waals surface area contributed by atoms with Gasteiger partial charge in [-0.3, -0.25) is 9.59 Å². The number of hydrogen-bond donors (Lipinski definition) is 2. The molecular weight excluding hydrogens is 232 g/mol. The van der Waals surface area contributed by atoms with Gasteiger partial charge in [-0.15, -0.1) is 0 Å². The molecule has 0 aromatic heterocycles. The van der Waals surface area contributed by atoms with E-state index in [4.69, 9.17) is 5.11 Å². The molecule has 0 aromatic rings. The first-order valence-electron chi connectivity index (χ1n) is 6.53. The van der Waals surface area contributed by atoms with E-state index in [0.717, 1.165) is 19.5 Å². The molecule has 102 valence electrons. The molecule has 2 rings (SSSR count). The van der Waals surface area contributed by atoms with Crippen LogP contribution in [0.1, 0.15) is 20.3 Å². The van der Waals surface area contributed by atoms with Gasteiger partial charge in [-0.05, 0) is 31.3 Å². The Labute approximate surface area is 108 Å². The van der Waals surface area contributed by atoms with Crippen LogP contribution in [0, 0.1) is 23.2 Å². The number of carboxylic acid groups (broad SMARTS) is 1. The molecule has 5 nitrogen and oxygen atoms in total. The number of aliphatic carboxylic acids is 1. The lowest BCUT2D eigenvalue weighted by Gasteiger charge is -2.12. The second kappa shape index (κ2) is 4.53. The highest BCUT2D eigenvalue weighted by Gasteiger charge is 2.65. The summed E-state index contributed by atoms with van der Waals surface area (Å²) in [4.78, 5) is 25.2. The first kappa shape index (κ1) is 13.3. The van der Waals surface area contributed by atoms with Gasteiger partial charge in [0.15, 0.2) is 0 Å². The number of nitrogens with zero attached hydrogens (tertiary/aromatic N) is 1. The Morgan fingerprint density at radius 3 is 2.50 bits per heavy atom. The minimum Gasteiger partial charge on any atom is -0.481 e. The van der Waals surface area contributed by atoms with Crippen LogP contribution in [-0.4, -0.2) is 48.6 Å². The molecule has 2 aliphatic rings. The second-order valence-corrected chi connectivity index (χ2v) is 6.28. The maximum absolute atomic E-state index is 12.0. The summed E-state index contributed by atoms with van der Waals surface area (Å²) in [6, 6.07) is 0. The highest BCUT2D eigenvalue weighted by Crippen LogP contribution is 2.58. The molecule has 1 amide bonds. The summed E-state index contributed by atoms with van der Waals surface area (Å²) in [7, 11) is 2.08. The lowest BCUT2D eigenvalue weighted by Crippen LogP contribution is -2.32. The number of carbonyl (C=O) groups excluding carboxylic acids is 1. The summed E-state index contributed by atoms with van der Waals surface area (Å²) in [6.07, 6.45) is 1.10. The van der Waals surface area contributed by atoms with E-state index in [1.54, 1.807) is 0 Å². The van der Waals surface area contributed by atoms with Crippen LogP contribution in [0.5, 0.6) is 0 Å². The Morgan fingerprint density at radius 2 is 2.06 bits per heavy atom. The fourth-order valence-corrected chi connectivity index (χ4v) is 3.14. The van der Waals surface area contributed by atoms with Crippen LogP contribution >= 0.6 is 0 Å². The number of likely N-dealkylation sites (tertiary alicyclic amines) is 1. The van der Waals surface area contributed by atoms with Crippen LogP contribution in [0.25, 0.3) is 0 Å². The molecule has 0 spiro atoms. The van der Waals surface area contributed by atoms with E-state index in [9.17, 15) is 9.59 Å². The lowest BCUT2D eigenvalue weighted by atomic mass is 10.1. The van der Waals surface area contributed by atoms with E-state index in [-0.39, 0.29) is 11.8 Å². The summed E-state index contributed by atoms with van der Waals surface area (Å²) in [6.45, 7) is 6.45. The minimum absolute atomic E-state index is 0.0954. The van der Waals surface area contributed by atoms with E-state index in [1.165, 1.54) is 0 Å². The number of carboxylic acids is 1. The number of hydrogen-bond acceptors (Lipinski definition) is 3. The number of rotatable bonds is 4. The summed E-state index contributed by atoms with van der Waals surface area (Å²) in [5.74, 6) is -1.34. The van der Waals surface area contributed by atoms with Crippen molar-refractivity contribution in [3.8, 4) is 0 Å². The van der Waals surface area contributed by atoms with Gasteiger partial charge in [0, 0.05) is 13.1 Å². The average molecular weight is 254 g/mol. The van der Waals surface area contributed by atoms with Gasteiger partial charge in [0.25, 0.3) is 0 Å². The molecule has 2 N–H and O–H groups in total. The Hall–Kier alpha value is -1.10. The van der Waals surface area contributed by atoms with Crippen molar-refractivity contribution in [1.82, 2.24) is 10.2 Å². The maximum Gasteiger partial charge on any atom is 0.307 e. The number of amides is 1. The van der Waals surface area contributed by atoms with Gasteiger partial charge < -0.3 is 15.3 Å². The van der Waals surface area contributed by atoms with Crippen LogP contribution in [-0.2, 0) is 9.59 Å². The lowest BCUT2D eigenvalue weighted by molar-refractivity contribution is -0.140. The summed E-state index contributed by atoms with van der Waals surface area (Å²) < 4.78 is 0. The van der Waals surface area contributed by atoms with E-state index < -0.39 is 17.3 Å². The highest BCUT2D eigenvalue weighted by atomic mass is 16.4. The quantitative estimate of drug-likeness (QED) is 0.762. The monoisotopic (exact) mass is 254 g/mol. The van der Waals surface area contributed by atoms with Crippen molar-refractivity contribution < 1.29 is 14.7 Å². The predicted molar refractivity (Wildman–Crippen MR) is 67.0 cm³/mol. The Bertz CT molecular complexity index is 367. The molecule has 1 unspecified atom stereocenters. The molecule has 0 aromatic carbocycles. The Morgan fingerprint density at radius 1 is 1.39 bits per heavy atom. The molecule has 1 aliphatic carbocycles. The fourth-order valence-electron chi connectivity index (χ4n) is 3.14. The molecular formula is C13H22N2O3. The largest absolute Gasteiger partial charge is 0.481 e. The van der Waals surface area contributed by atoms with E-state index in [2.05, 4.69) is 17.3 Å². The predicted octanol–water partition coefficient (Wildman–Crippen LogP) is 0.411. The van der Waals surface area contributed by atoms with Crippen molar-refractivity contribution in [3.63, 3.8) is 0 Å². The molecule has 2 fully saturated rings. The Kier molecular flexibility index (Phi) is 3.36. The molecule has 18 heavy (non-hydrogen) atoms. The van der Waals surface area contributed by atoms with Crippen molar-refractivity contribution >= 4 is 11.9 Å². The topological polar surface area (TPSA) is 69.6 Å². The summed E-state index contributed by atoms with van der Waals surface area (Å²) >= 11 is 0. The number of nitrogens with one attached hydrogen (secondary N) is 1. The van der Waals surface area contributed by atoms with Gasteiger partial charge in [0.1, 0.15) is 0 Å². The zero-order valence-corrected chi connectivity index (χ0v) is 11.3. The van der Waals surface area contributed by atoms with Gasteiger partial charge in [-0.25, -0.2) is 0 Å². The average Bonchev–Trinajstić information content (AvgIpc) is 2.63. The zero-order valence-electron chi connectivity index (χ0n) is 11.3. The van der Waals surface area contributed by atoms with Gasteiger partial charge in [0.2, 0.25) is 5.91 Å². The molecule has 0 bridgehead atoms. The van der Waals surface area contributed by atoms with Gasteiger partial charge >= 0.3 is 5.97 Å². The van der Waals surface area contributed by atoms with Crippen LogP contribution in [0.2, 0.25) is 0 Å². The van der Waals surface area contributed by atoms with Crippen molar-refractivity contribution in [3.05, 3.63) is 0 Å². The first-order chi connectivity index (χ1) is 8.34. The molecule has 5 heteroatoms. The third kappa shape index (κ3) is 2.36. The normalized spacial score (nSPS) is 34.3. The van der Waals surface area contributed by atoms with Crippen LogP contribution in [0.15, 0.2) is 0 Å². The van der Waals surface area contributed by atoms with Crippen molar-refractivity contribution in [2.45, 2.75) is 20.3 Å². The fraction of sp³-hybridized carbons (Fsp3) is 0.846. The summed E-state index contributed by atoms with van der Waals surface area (Å²) in [5, 5.41) is 12.0. The SMILES string of the molecule is CN1CCC(CNC(=O)[C@H]2[C@@H](C(=O)O)C2(C)C)C1. The maximum atomic E-state index is 12.0. The molecule has 1 aliphatic heterocycles. The molecule has 0 radical (unpaired) electrons. The molecule has 3 atom stereocenters. The van der Waals surface area contributed by atoms with Gasteiger partial charge in [0.05, 0.1) is 11.8 Å². The third-order valence-corrected chi connectivity index (χ3v) is 4.43. The summed E-state index contributed by atoms with van der Waals surface area (Å²) in [5.41, 5.74) is -0.400. The van der Waals surface area contributed by atoms with Crippen molar-refractivity contribution in [2.24, 2.45) is 23.2 Å². The van der Waals surface area contributed by atoms with Crippen LogP contribution < -0.4 is 5.32 Å². The van der Waals surface area contributed by atoms with Crippen LogP contribution in [0.3, 0.4) is 0 Å². The third-order valence-electron chi connectivity index (χ3n) is 4.43. The van der Waals surface area contributed by atoms with Crippen molar-refractivity contribution in [1.29, 1.82) is 0 Å². The van der Waals surface area contributed by atoms with Crippen LogP contribution in [0.4, 0.5) is 0 Å². The van der Waals surface area contributed by atoms with Crippen molar-refractivity contribution in [2.75, 3.05) is 26.7 Å². The molecule has 1 saturated heterocycles. The molecule has 1 saturated carbocycles. The zero-order chi connectivity index (χ0) is 13.5. The second-order valence-electron chi connectivity index (χ2n) is 6.28. The molecule has 1 heterocycles. The van der Waals surface area contributed by atoms with Gasteiger partial charge in [-0.2, -0.15) is 0 Å². The Balaban J connectivity index is 1.81. The van der Waals surface area contributed by atoms with E-state index >= 15 is 0 Å². The van der Waals surface area contributed by atoms with Gasteiger partial charge in [-0.1, -0.05) is 13.8 Å². The van der Waals surface area contributed by atoms with E-state index in [0.29, 0.717) is 12.5 Å².